The van der Waals surface area contributed by atoms with E-state index in [0.29, 0.717) is 22.0 Å². The van der Waals surface area contributed by atoms with Crippen molar-refractivity contribution in [2.75, 3.05) is 16.7 Å². The van der Waals surface area contributed by atoms with E-state index in [-0.39, 0.29) is 10.8 Å². The van der Waals surface area contributed by atoms with Gasteiger partial charge >= 0.3 is 0 Å². The number of nitrogens with zero attached hydrogens (tertiary/aromatic N) is 1. The van der Waals surface area contributed by atoms with Crippen LogP contribution in [0.15, 0.2) is 82.2 Å². The number of benzene rings is 3. The van der Waals surface area contributed by atoms with Crippen molar-refractivity contribution in [3.05, 3.63) is 87.9 Å². The molecule has 1 N–H and O–H groups in total. The van der Waals surface area contributed by atoms with E-state index in [4.69, 9.17) is 11.6 Å². The SMILES string of the molecule is CN(C(=O)c1ccc(Cl)cc1)c1ccc(NS(=O)(=O)c2ccc(Br)cc2)cc1. The van der Waals surface area contributed by atoms with Crippen LogP contribution < -0.4 is 9.62 Å². The summed E-state index contributed by atoms with van der Waals surface area (Å²) in [5, 5.41) is 0.557. The van der Waals surface area contributed by atoms with Gasteiger partial charge in [0.25, 0.3) is 15.9 Å². The maximum Gasteiger partial charge on any atom is 0.261 e. The number of carbonyl (C=O) groups excluding carboxylic acids is 1. The Morgan fingerprint density at radius 3 is 2.07 bits per heavy atom. The van der Waals surface area contributed by atoms with Crippen molar-refractivity contribution < 1.29 is 13.2 Å². The lowest BCUT2D eigenvalue weighted by atomic mass is 10.2. The number of hydrogen-bond donors (Lipinski definition) is 1. The molecular formula is C20H16BrClN2O3S. The number of carbonyl (C=O) groups is 1. The molecule has 3 rings (SSSR count). The molecule has 0 saturated carbocycles. The average Bonchev–Trinajstić information content (AvgIpc) is 2.68. The third-order valence-corrected chi connectivity index (χ3v) is 6.20. The van der Waals surface area contributed by atoms with Gasteiger partial charge in [0.15, 0.2) is 0 Å². The molecule has 0 atom stereocenters. The average molecular weight is 480 g/mol. The van der Waals surface area contributed by atoms with Gasteiger partial charge in [0.2, 0.25) is 0 Å². The predicted molar refractivity (Wildman–Crippen MR) is 116 cm³/mol. The van der Waals surface area contributed by atoms with Gasteiger partial charge in [-0.1, -0.05) is 27.5 Å². The fourth-order valence-corrected chi connectivity index (χ4v) is 3.93. The smallest absolute Gasteiger partial charge is 0.261 e. The summed E-state index contributed by atoms with van der Waals surface area (Å²) in [6.07, 6.45) is 0. The number of anilines is 2. The highest BCUT2D eigenvalue weighted by atomic mass is 79.9. The molecule has 3 aromatic rings. The number of rotatable bonds is 5. The number of halogens is 2. The van der Waals surface area contributed by atoms with E-state index in [1.165, 1.54) is 17.0 Å². The fourth-order valence-electron chi connectivity index (χ4n) is 2.48. The molecule has 144 valence electrons. The van der Waals surface area contributed by atoms with E-state index in [1.807, 2.05) is 0 Å². The Kier molecular flexibility index (Phi) is 6.07. The Labute approximate surface area is 177 Å². The molecule has 0 saturated heterocycles. The number of hydrogen-bond acceptors (Lipinski definition) is 3. The minimum absolute atomic E-state index is 0.162. The summed E-state index contributed by atoms with van der Waals surface area (Å²) < 4.78 is 28.2. The maximum absolute atomic E-state index is 12.6. The van der Waals surface area contributed by atoms with E-state index in [9.17, 15) is 13.2 Å². The van der Waals surface area contributed by atoms with Gasteiger partial charge in [-0.3, -0.25) is 9.52 Å². The van der Waals surface area contributed by atoms with Crippen molar-refractivity contribution in [3.63, 3.8) is 0 Å². The Hall–Kier alpha value is -2.35. The summed E-state index contributed by atoms with van der Waals surface area (Å²) in [6, 6.07) is 19.5. The lowest BCUT2D eigenvalue weighted by molar-refractivity contribution is 0.0993. The molecule has 0 aliphatic carbocycles. The third kappa shape index (κ3) is 4.73. The molecule has 8 heteroatoms. The second kappa shape index (κ2) is 8.34. The van der Waals surface area contributed by atoms with Crippen LogP contribution in [0, 0.1) is 0 Å². The van der Waals surface area contributed by atoms with E-state index in [0.717, 1.165) is 4.47 Å². The topological polar surface area (TPSA) is 66.5 Å². The van der Waals surface area contributed by atoms with Crippen molar-refractivity contribution in [2.24, 2.45) is 0 Å². The first-order valence-electron chi connectivity index (χ1n) is 8.18. The Bertz CT molecular complexity index is 1080. The van der Waals surface area contributed by atoms with Crippen LogP contribution in [0.25, 0.3) is 0 Å². The molecular weight excluding hydrogens is 464 g/mol. The molecule has 0 fully saturated rings. The van der Waals surface area contributed by atoms with Crippen molar-refractivity contribution in [1.29, 1.82) is 0 Å². The van der Waals surface area contributed by atoms with Gasteiger partial charge in [-0.05, 0) is 72.8 Å². The van der Waals surface area contributed by atoms with Gasteiger partial charge in [0.05, 0.1) is 4.90 Å². The van der Waals surface area contributed by atoms with Crippen LogP contribution in [0.2, 0.25) is 5.02 Å². The monoisotopic (exact) mass is 478 g/mol. The molecule has 28 heavy (non-hydrogen) atoms. The minimum Gasteiger partial charge on any atom is -0.311 e. The van der Waals surface area contributed by atoms with Crippen molar-refractivity contribution >= 4 is 54.8 Å². The first kappa shape index (κ1) is 20.4. The highest BCUT2D eigenvalue weighted by molar-refractivity contribution is 9.10. The lowest BCUT2D eigenvalue weighted by Gasteiger charge is -2.18. The van der Waals surface area contributed by atoms with Gasteiger partial charge in [-0.2, -0.15) is 0 Å². The molecule has 3 aromatic carbocycles. The Morgan fingerprint density at radius 1 is 0.929 bits per heavy atom. The fraction of sp³-hybridized carbons (Fsp3) is 0.0500. The largest absolute Gasteiger partial charge is 0.311 e. The number of amides is 1. The molecule has 1 amide bonds. The van der Waals surface area contributed by atoms with Crippen LogP contribution in [-0.2, 0) is 10.0 Å². The number of nitrogens with one attached hydrogen (secondary N) is 1. The van der Waals surface area contributed by atoms with E-state index < -0.39 is 10.0 Å². The van der Waals surface area contributed by atoms with Crippen LogP contribution in [0.4, 0.5) is 11.4 Å². The van der Waals surface area contributed by atoms with E-state index in [1.54, 1.807) is 67.7 Å². The van der Waals surface area contributed by atoms with Crippen LogP contribution in [-0.4, -0.2) is 21.4 Å². The zero-order valence-electron chi connectivity index (χ0n) is 14.8. The van der Waals surface area contributed by atoms with Gasteiger partial charge < -0.3 is 4.90 Å². The zero-order valence-corrected chi connectivity index (χ0v) is 17.9. The second-order valence-corrected chi connectivity index (χ2v) is 9.01. The molecule has 0 heterocycles. The summed E-state index contributed by atoms with van der Waals surface area (Å²) in [4.78, 5) is 14.2. The molecule has 0 aromatic heterocycles. The summed E-state index contributed by atoms with van der Waals surface area (Å²) in [5.74, 6) is -0.195. The van der Waals surface area contributed by atoms with Crippen LogP contribution in [0.5, 0.6) is 0 Å². The number of sulfonamides is 1. The normalized spacial score (nSPS) is 11.1. The second-order valence-electron chi connectivity index (χ2n) is 5.98. The van der Waals surface area contributed by atoms with E-state index in [2.05, 4.69) is 20.7 Å². The molecule has 5 nitrogen and oxygen atoms in total. The predicted octanol–water partition coefficient (Wildman–Crippen LogP) is 5.18. The van der Waals surface area contributed by atoms with Crippen molar-refractivity contribution in [1.82, 2.24) is 0 Å². The van der Waals surface area contributed by atoms with Gasteiger partial charge in [-0.15, -0.1) is 0 Å². The van der Waals surface area contributed by atoms with Crippen molar-refractivity contribution in [2.45, 2.75) is 4.90 Å². The van der Waals surface area contributed by atoms with Crippen LogP contribution >= 0.6 is 27.5 Å². The summed E-state index contributed by atoms with van der Waals surface area (Å²) >= 11 is 9.13. The Morgan fingerprint density at radius 2 is 1.50 bits per heavy atom. The Balaban J connectivity index is 1.74. The molecule has 0 aliphatic heterocycles. The first-order chi connectivity index (χ1) is 13.3. The highest BCUT2D eigenvalue weighted by Crippen LogP contribution is 2.22. The van der Waals surface area contributed by atoms with Crippen LogP contribution in [0.3, 0.4) is 0 Å². The minimum atomic E-state index is -3.69. The maximum atomic E-state index is 12.6. The van der Waals surface area contributed by atoms with Gasteiger partial charge in [0, 0.05) is 33.5 Å². The molecule has 0 spiro atoms. The third-order valence-electron chi connectivity index (χ3n) is 4.03. The molecule has 0 radical (unpaired) electrons. The standard InChI is InChI=1S/C20H16BrClN2O3S/c1-24(20(25)14-2-6-16(22)7-3-14)18-10-8-17(9-11-18)23-28(26,27)19-12-4-15(21)5-13-19/h2-13,23H,1H3. The molecule has 0 aliphatic rings. The first-order valence-corrected chi connectivity index (χ1v) is 10.8. The quantitative estimate of drug-likeness (QED) is 0.548. The summed E-state index contributed by atoms with van der Waals surface area (Å²) in [5.41, 5.74) is 1.54. The van der Waals surface area contributed by atoms with Crippen molar-refractivity contribution in [3.8, 4) is 0 Å². The van der Waals surface area contributed by atoms with E-state index >= 15 is 0 Å². The summed E-state index contributed by atoms with van der Waals surface area (Å²) in [6.45, 7) is 0. The van der Waals surface area contributed by atoms with Gasteiger partial charge in [-0.25, -0.2) is 8.42 Å². The highest BCUT2D eigenvalue weighted by Gasteiger charge is 2.16. The summed E-state index contributed by atoms with van der Waals surface area (Å²) in [7, 11) is -2.04. The molecule has 0 bridgehead atoms. The zero-order chi connectivity index (χ0) is 20.3. The lowest BCUT2D eigenvalue weighted by Crippen LogP contribution is -2.26. The van der Waals surface area contributed by atoms with Gasteiger partial charge in [0.1, 0.15) is 0 Å². The molecule has 0 unspecified atom stereocenters. The van der Waals surface area contributed by atoms with Crippen LogP contribution in [0.1, 0.15) is 10.4 Å².